The van der Waals surface area contributed by atoms with E-state index in [2.05, 4.69) is 26.6 Å². The number of hydrogen-bond acceptors (Lipinski definition) is 12. The number of aromatic hydroxyl groups is 1. The number of aliphatic hydroxyl groups excluding tert-OH is 1. The number of unbranched alkanes of at least 4 members (excludes halogenated alkanes) is 1. The van der Waals surface area contributed by atoms with Crippen LogP contribution in [0.4, 0.5) is 0 Å². The molecule has 2 aromatic carbocycles. The number of carbonyl (C=O) groups is 8. The summed E-state index contributed by atoms with van der Waals surface area (Å²) in [5.41, 5.74) is 13.2. The molecule has 0 aromatic heterocycles. The molecule has 20 nitrogen and oxygen atoms in total. The zero-order chi connectivity index (χ0) is 44.8. The molecule has 2 rings (SSSR count). The molecule has 0 spiro atoms. The van der Waals surface area contributed by atoms with E-state index >= 15 is 0 Å². The number of benzene rings is 2. The number of carboxylic acids is 2. The highest BCUT2D eigenvalue weighted by atomic mass is 16.4. The zero-order valence-corrected chi connectivity index (χ0v) is 33.7. The van der Waals surface area contributed by atoms with Crippen LogP contribution in [0.2, 0.25) is 0 Å². The molecule has 6 atom stereocenters. The van der Waals surface area contributed by atoms with Gasteiger partial charge in [0.25, 0.3) is 0 Å². The van der Waals surface area contributed by atoms with Gasteiger partial charge in [-0.3, -0.25) is 33.6 Å². The van der Waals surface area contributed by atoms with Gasteiger partial charge < -0.3 is 63.8 Å². The first-order chi connectivity index (χ1) is 28.4. The highest BCUT2D eigenvalue weighted by molar-refractivity contribution is 5.96. The molecule has 330 valence electrons. The van der Waals surface area contributed by atoms with Crippen LogP contribution in [0.25, 0.3) is 0 Å². The van der Waals surface area contributed by atoms with Crippen LogP contribution in [0.15, 0.2) is 54.6 Å². The van der Waals surface area contributed by atoms with Crippen molar-refractivity contribution in [2.75, 3.05) is 19.7 Å². The van der Waals surface area contributed by atoms with Gasteiger partial charge >= 0.3 is 11.9 Å². The summed E-state index contributed by atoms with van der Waals surface area (Å²) >= 11 is 0. The Balaban J connectivity index is 2.20. The number of nitrogens with two attached hydrogens (primary N) is 2. The summed E-state index contributed by atoms with van der Waals surface area (Å²) in [6, 6.07) is 6.91. The molecule has 0 unspecified atom stereocenters. The summed E-state index contributed by atoms with van der Waals surface area (Å²) in [6.07, 6.45) is 0.0982. The van der Waals surface area contributed by atoms with E-state index in [0.717, 1.165) is 0 Å². The molecule has 0 bridgehead atoms. The Labute approximate surface area is 347 Å². The smallest absolute Gasteiger partial charge is 0.328 e. The predicted octanol–water partition coefficient (Wildman–Crippen LogP) is -1.84. The Bertz CT molecular complexity index is 1750. The van der Waals surface area contributed by atoms with Crippen molar-refractivity contribution in [2.24, 2.45) is 17.4 Å². The first kappa shape index (κ1) is 50.0. The lowest BCUT2D eigenvalue weighted by Crippen LogP contribution is -2.58. The number of hydrogen-bond donors (Lipinski definition) is 12. The van der Waals surface area contributed by atoms with Crippen LogP contribution in [0.3, 0.4) is 0 Å². The lowest BCUT2D eigenvalue weighted by Gasteiger charge is -2.27. The fourth-order valence-electron chi connectivity index (χ4n) is 5.86. The molecule has 0 aliphatic heterocycles. The number of phenols is 1. The van der Waals surface area contributed by atoms with Crippen molar-refractivity contribution < 1.29 is 58.8 Å². The number of rotatable bonds is 27. The monoisotopic (exact) mass is 842 g/mol. The molecule has 60 heavy (non-hydrogen) atoms. The Morgan fingerprint density at radius 3 is 1.75 bits per heavy atom. The topological polar surface area (TPSA) is 342 Å². The minimum atomic E-state index is -1.73. The van der Waals surface area contributed by atoms with Crippen molar-refractivity contribution in [3.63, 3.8) is 0 Å². The van der Waals surface area contributed by atoms with E-state index in [-0.39, 0.29) is 43.9 Å². The van der Waals surface area contributed by atoms with Crippen molar-refractivity contribution in [1.82, 2.24) is 31.9 Å². The zero-order valence-electron chi connectivity index (χ0n) is 33.7. The van der Waals surface area contributed by atoms with Crippen LogP contribution in [-0.2, 0) is 51.2 Å². The maximum Gasteiger partial charge on any atom is 0.328 e. The third-order valence-electron chi connectivity index (χ3n) is 9.08. The second kappa shape index (κ2) is 26.1. The summed E-state index contributed by atoms with van der Waals surface area (Å²) in [6.45, 7) is 2.19. The molecule has 0 fully saturated rings. The summed E-state index contributed by atoms with van der Waals surface area (Å²) in [4.78, 5) is 103. The Morgan fingerprint density at radius 2 is 1.18 bits per heavy atom. The fraction of sp³-hybridized carbons (Fsp3) is 0.500. The van der Waals surface area contributed by atoms with Gasteiger partial charge in [-0.15, -0.1) is 0 Å². The largest absolute Gasteiger partial charge is 0.508 e. The number of amides is 6. The molecular weight excluding hydrogens is 784 g/mol. The first-order valence-electron chi connectivity index (χ1n) is 19.5. The van der Waals surface area contributed by atoms with Gasteiger partial charge in [0.05, 0.1) is 19.2 Å². The normalized spacial score (nSPS) is 14.0. The van der Waals surface area contributed by atoms with E-state index < -0.39 is 110 Å². The number of aliphatic carboxylic acids is 2. The number of aliphatic hydroxyl groups is 1. The molecule has 0 heterocycles. The van der Waals surface area contributed by atoms with Crippen molar-refractivity contribution in [2.45, 2.75) is 101 Å². The number of phenolic OH excluding ortho intramolecular Hbond substituents is 1. The lowest BCUT2D eigenvalue weighted by molar-refractivity contribution is -0.144. The Kier molecular flexibility index (Phi) is 21.7. The van der Waals surface area contributed by atoms with E-state index in [1.165, 1.54) is 12.1 Å². The van der Waals surface area contributed by atoms with Crippen molar-refractivity contribution in [3.05, 3.63) is 65.7 Å². The maximum absolute atomic E-state index is 13.7. The molecule has 0 radical (unpaired) electrons. The summed E-state index contributed by atoms with van der Waals surface area (Å²) < 4.78 is 0. The third kappa shape index (κ3) is 18.6. The highest BCUT2D eigenvalue weighted by Crippen LogP contribution is 2.12. The van der Waals surface area contributed by atoms with Gasteiger partial charge in [0.2, 0.25) is 35.4 Å². The second-order valence-electron chi connectivity index (χ2n) is 14.6. The lowest BCUT2D eigenvalue weighted by atomic mass is 10.0. The quantitative estimate of drug-likeness (QED) is 0.0440. The van der Waals surface area contributed by atoms with E-state index in [1.807, 2.05) is 5.32 Å². The average molecular weight is 843 g/mol. The predicted molar refractivity (Wildman–Crippen MR) is 217 cm³/mol. The fourth-order valence-corrected chi connectivity index (χ4v) is 5.86. The van der Waals surface area contributed by atoms with Crippen LogP contribution in [0.1, 0.15) is 63.5 Å². The third-order valence-corrected chi connectivity index (χ3v) is 9.08. The van der Waals surface area contributed by atoms with Crippen LogP contribution < -0.4 is 43.4 Å². The van der Waals surface area contributed by atoms with Crippen LogP contribution in [0.5, 0.6) is 5.75 Å². The van der Waals surface area contributed by atoms with Gasteiger partial charge in [0, 0.05) is 12.8 Å². The SMILES string of the molecule is CC(C)C[C@H](NC(=O)[C@H](CCCCN)NC(=O)CNC(=O)[C@H](Cc1ccccc1)NC(=O)[C@@H](N)Cc1ccc(O)cc1)C(=O)N[C@@H](CCC(=O)O)C(=O)N[C@@H](CO)C(=O)O. The number of nitrogens with one attached hydrogen (secondary N) is 6. The molecule has 2 aromatic rings. The Morgan fingerprint density at radius 1 is 0.633 bits per heavy atom. The average Bonchev–Trinajstić information content (AvgIpc) is 3.20. The molecule has 14 N–H and O–H groups in total. The maximum atomic E-state index is 13.7. The number of carboxylic acid groups (broad SMARTS) is 2. The van der Waals surface area contributed by atoms with E-state index in [1.54, 1.807) is 56.3 Å². The molecule has 6 amide bonds. The van der Waals surface area contributed by atoms with Gasteiger partial charge in [0.1, 0.15) is 36.0 Å². The molecular formula is C40H58N8O12. The van der Waals surface area contributed by atoms with Gasteiger partial charge in [-0.2, -0.15) is 0 Å². The van der Waals surface area contributed by atoms with Crippen LogP contribution in [-0.4, -0.2) is 124 Å². The first-order valence-corrected chi connectivity index (χ1v) is 19.5. The van der Waals surface area contributed by atoms with Crippen molar-refractivity contribution in [3.8, 4) is 5.75 Å². The van der Waals surface area contributed by atoms with Gasteiger partial charge in [-0.05, 0) is 74.2 Å². The van der Waals surface area contributed by atoms with Crippen molar-refractivity contribution in [1.29, 1.82) is 0 Å². The summed E-state index contributed by atoms with van der Waals surface area (Å²) in [7, 11) is 0. The number of carbonyl (C=O) groups excluding carboxylic acids is 6. The van der Waals surface area contributed by atoms with Gasteiger partial charge in [-0.25, -0.2) is 4.79 Å². The molecule has 0 saturated heterocycles. The Hall–Kier alpha value is -6.12. The molecule has 20 heteroatoms. The highest BCUT2D eigenvalue weighted by Gasteiger charge is 2.32. The minimum absolute atomic E-state index is 0.0336. The minimum Gasteiger partial charge on any atom is -0.508 e. The second-order valence-corrected chi connectivity index (χ2v) is 14.6. The van der Waals surface area contributed by atoms with E-state index in [9.17, 15) is 58.8 Å². The van der Waals surface area contributed by atoms with Crippen LogP contribution >= 0.6 is 0 Å². The standard InChI is InChI=1S/C40H58N8O12/c1-23(2)18-30(39(58)45-29(15-16-34(52)53)38(57)48-32(22-49)40(59)60)47-37(56)28(10-6-7-17-41)44-33(51)21-43-36(55)31(20-24-8-4-3-5-9-24)46-35(54)27(42)19-25-11-13-26(50)14-12-25/h3-5,8-9,11-14,23,27-32,49-50H,6-7,10,15-22,41-42H2,1-2H3,(H,43,55)(H,44,51)(H,45,58)(H,46,54)(H,47,56)(H,48,57)(H,52,53)(H,59,60)/t27-,28-,29-,30-,31-,32-/m0/s1. The summed E-state index contributed by atoms with van der Waals surface area (Å²) in [5.74, 6) is -7.92. The van der Waals surface area contributed by atoms with Gasteiger partial charge in [-0.1, -0.05) is 56.3 Å². The summed E-state index contributed by atoms with van der Waals surface area (Å²) in [5, 5.41) is 52.0. The van der Waals surface area contributed by atoms with Gasteiger partial charge in [0.15, 0.2) is 0 Å². The molecule has 0 saturated carbocycles. The van der Waals surface area contributed by atoms with Crippen LogP contribution in [0, 0.1) is 5.92 Å². The van der Waals surface area contributed by atoms with Crippen molar-refractivity contribution >= 4 is 47.4 Å². The van der Waals surface area contributed by atoms with E-state index in [4.69, 9.17) is 11.5 Å². The molecule has 0 aliphatic carbocycles. The molecule has 0 aliphatic rings. The van der Waals surface area contributed by atoms with E-state index in [0.29, 0.717) is 24.0 Å².